The molecule has 0 spiro atoms. The van der Waals surface area contributed by atoms with E-state index in [9.17, 15) is 0 Å². The molecule has 0 amide bonds. The Kier molecular flexibility index (Phi) is 4.85. The molecule has 0 fully saturated rings. The van der Waals surface area contributed by atoms with E-state index in [4.69, 9.17) is 5.10 Å². The normalized spacial score (nSPS) is 16.8. The van der Waals surface area contributed by atoms with Gasteiger partial charge in [-0.05, 0) is 61.9 Å². The lowest BCUT2D eigenvalue weighted by Gasteiger charge is -2.31. The van der Waals surface area contributed by atoms with Gasteiger partial charge in [-0.1, -0.05) is 54.6 Å². The summed E-state index contributed by atoms with van der Waals surface area (Å²) in [6.45, 7) is 6.52. The van der Waals surface area contributed by atoms with Gasteiger partial charge in [-0.25, -0.2) is 0 Å². The maximum Gasteiger partial charge on any atom is 0.134 e. The van der Waals surface area contributed by atoms with E-state index in [0.29, 0.717) is 0 Å². The van der Waals surface area contributed by atoms with Crippen LogP contribution in [0.4, 0.5) is 0 Å². The van der Waals surface area contributed by atoms with Crippen LogP contribution in [0.15, 0.2) is 103 Å². The zero-order valence-electron chi connectivity index (χ0n) is 19.1. The molecule has 3 heterocycles. The predicted octanol–water partition coefficient (Wildman–Crippen LogP) is 7.45. The highest BCUT2D eigenvalue weighted by atomic mass is 31.1. The molecule has 6 rings (SSSR count). The highest BCUT2D eigenvalue weighted by molar-refractivity contribution is 7.59. The van der Waals surface area contributed by atoms with Crippen LogP contribution in [0.2, 0.25) is 0 Å². The molecule has 1 unspecified atom stereocenters. The Morgan fingerprint density at radius 3 is 2.03 bits per heavy atom. The van der Waals surface area contributed by atoms with Gasteiger partial charge in [0.25, 0.3) is 0 Å². The molecule has 2 atom stereocenters. The smallest absolute Gasteiger partial charge is 0.134 e. The summed E-state index contributed by atoms with van der Waals surface area (Å²) in [7, 11) is -0.852. The fourth-order valence-electron chi connectivity index (χ4n) is 5.12. The first-order valence-electron chi connectivity index (χ1n) is 11.5. The molecule has 1 aliphatic carbocycles. The largest absolute Gasteiger partial charge is 0.305 e. The summed E-state index contributed by atoms with van der Waals surface area (Å²) in [5.41, 5.74) is 4.82. The lowest BCUT2D eigenvalue weighted by Crippen LogP contribution is -2.19. The van der Waals surface area contributed by atoms with Gasteiger partial charge in [0.15, 0.2) is 0 Å². The van der Waals surface area contributed by atoms with Gasteiger partial charge in [0, 0.05) is 29.3 Å². The van der Waals surface area contributed by atoms with Crippen LogP contribution < -0.4 is 0 Å². The van der Waals surface area contributed by atoms with Gasteiger partial charge in [-0.3, -0.25) is 4.68 Å². The summed E-state index contributed by atoms with van der Waals surface area (Å²) in [5.74, 6) is 0.274. The third-order valence-corrected chi connectivity index (χ3v) is 9.10. The van der Waals surface area contributed by atoms with E-state index in [1.54, 1.807) is 0 Å². The Balaban J connectivity index is 1.53. The third-order valence-electron chi connectivity index (χ3n) is 6.67. The van der Waals surface area contributed by atoms with E-state index in [1.807, 2.05) is 0 Å². The molecule has 0 bridgehead atoms. The van der Waals surface area contributed by atoms with E-state index in [2.05, 4.69) is 131 Å². The molecule has 4 nitrogen and oxygen atoms in total. The molecule has 0 radical (unpaired) electrons. The van der Waals surface area contributed by atoms with Crippen molar-refractivity contribution in [3.05, 3.63) is 114 Å². The molecule has 0 saturated heterocycles. The second kappa shape index (κ2) is 7.90. The Bertz CT molecular complexity index is 1460. The molecular weight excluding hydrogens is 423 g/mol. The van der Waals surface area contributed by atoms with E-state index in [0.717, 1.165) is 5.69 Å². The van der Waals surface area contributed by atoms with Crippen LogP contribution in [0.1, 0.15) is 24.4 Å². The van der Waals surface area contributed by atoms with Gasteiger partial charge in [0.05, 0.1) is 22.8 Å². The van der Waals surface area contributed by atoms with Gasteiger partial charge in [-0.15, -0.1) is 0 Å². The fraction of sp³-hybridized carbons (Fsp3) is 0.179. The number of aromatic nitrogens is 4. The van der Waals surface area contributed by atoms with Gasteiger partial charge >= 0.3 is 0 Å². The number of rotatable bonds is 5. The number of aryl methyl sites for hydroxylation is 2. The van der Waals surface area contributed by atoms with Crippen LogP contribution in [0, 0.1) is 19.8 Å². The van der Waals surface area contributed by atoms with Crippen molar-refractivity contribution in [1.82, 2.24) is 18.5 Å². The monoisotopic (exact) mass is 450 g/mol. The number of para-hydroxylation sites is 2. The van der Waals surface area contributed by atoms with Gasteiger partial charge in [0.2, 0.25) is 0 Å². The SMILES string of the molecule is Cc1cc(C)n([C@@H](C)C2C=CC=C2P(n2ccc3ccccc32)n2ccc3ccccc32)n1. The summed E-state index contributed by atoms with van der Waals surface area (Å²) in [6.07, 6.45) is 11.4. The zero-order chi connectivity index (χ0) is 22.5. The number of nitrogens with zero attached hydrogens (tertiary/aromatic N) is 4. The van der Waals surface area contributed by atoms with Crippen molar-refractivity contribution in [2.45, 2.75) is 26.8 Å². The van der Waals surface area contributed by atoms with Crippen molar-refractivity contribution in [3.8, 4) is 0 Å². The predicted molar refractivity (Wildman–Crippen MR) is 139 cm³/mol. The summed E-state index contributed by atoms with van der Waals surface area (Å²) >= 11 is 0. The molecule has 5 aromatic rings. The Labute approximate surface area is 195 Å². The number of benzene rings is 2. The molecule has 0 N–H and O–H groups in total. The van der Waals surface area contributed by atoms with Crippen LogP contribution in [0.25, 0.3) is 21.8 Å². The van der Waals surface area contributed by atoms with E-state index >= 15 is 0 Å². The highest BCUT2D eigenvalue weighted by Crippen LogP contribution is 2.57. The van der Waals surface area contributed by atoms with Crippen molar-refractivity contribution in [2.24, 2.45) is 5.92 Å². The minimum absolute atomic E-state index is 0.234. The third kappa shape index (κ3) is 3.29. The van der Waals surface area contributed by atoms with Gasteiger partial charge in [0.1, 0.15) is 8.22 Å². The van der Waals surface area contributed by atoms with Crippen LogP contribution in [0.5, 0.6) is 0 Å². The molecule has 1 aliphatic rings. The van der Waals surface area contributed by atoms with E-state index in [1.165, 1.54) is 32.8 Å². The Morgan fingerprint density at radius 1 is 0.848 bits per heavy atom. The van der Waals surface area contributed by atoms with E-state index < -0.39 is 8.22 Å². The van der Waals surface area contributed by atoms with Crippen LogP contribution in [-0.2, 0) is 0 Å². The molecule has 3 aromatic heterocycles. The molecule has 33 heavy (non-hydrogen) atoms. The average Bonchev–Trinajstić information content (AvgIpc) is 3.61. The maximum absolute atomic E-state index is 4.82. The molecule has 2 aromatic carbocycles. The van der Waals surface area contributed by atoms with Gasteiger partial charge < -0.3 is 8.68 Å². The first-order chi connectivity index (χ1) is 16.1. The van der Waals surface area contributed by atoms with Crippen LogP contribution in [0.3, 0.4) is 0 Å². The van der Waals surface area contributed by atoms with E-state index in [-0.39, 0.29) is 12.0 Å². The van der Waals surface area contributed by atoms with Crippen molar-refractivity contribution in [3.63, 3.8) is 0 Å². The molecule has 164 valence electrons. The Morgan fingerprint density at radius 2 is 1.45 bits per heavy atom. The summed E-state index contributed by atoms with van der Waals surface area (Å²) in [4.78, 5) is 0. The summed E-state index contributed by atoms with van der Waals surface area (Å²) in [6, 6.07) is 24.2. The molecular formula is C28H27N4P. The average molecular weight is 451 g/mol. The van der Waals surface area contributed by atoms with Crippen molar-refractivity contribution >= 4 is 30.0 Å². The summed E-state index contributed by atoms with van der Waals surface area (Å²) in [5, 5.41) is 8.81. The second-order valence-electron chi connectivity index (χ2n) is 8.84. The minimum atomic E-state index is -0.852. The highest BCUT2D eigenvalue weighted by Gasteiger charge is 2.33. The topological polar surface area (TPSA) is 27.7 Å². The zero-order valence-corrected chi connectivity index (χ0v) is 20.0. The quantitative estimate of drug-likeness (QED) is 0.256. The standard InChI is InChI=1S/C28H27N4P/c1-20-19-21(2)32(29-20)22(3)25-11-8-14-28(25)33(30-17-15-23-9-4-6-12-26(23)30)31-18-16-24-10-5-7-13-27(24)31/h4-19,22,25H,1-3H3/t22-,25?/m0/s1. The lowest BCUT2D eigenvalue weighted by molar-refractivity contribution is 0.421. The number of allylic oxidation sites excluding steroid dienone is 4. The van der Waals surface area contributed by atoms with Crippen molar-refractivity contribution in [2.75, 3.05) is 0 Å². The number of hydrogen-bond donors (Lipinski definition) is 0. The molecule has 0 saturated carbocycles. The molecule has 0 aliphatic heterocycles. The minimum Gasteiger partial charge on any atom is -0.305 e. The maximum atomic E-state index is 4.82. The van der Waals surface area contributed by atoms with Crippen molar-refractivity contribution < 1.29 is 0 Å². The molecule has 5 heteroatoms. The second-order valence-corrected chi connectivity index (χ2v) is 10.8. The number of fused-ring (bicyclic) bond motifs is 2. The summed E-state index contributed by atoms with van der Waals surface area (Å²) < 4.78 is 7.16. The number of hydrogen-bond acceptors (Lipinski definition) is 1. The van der Waals surface area contributed by atoms with Crippen LogP contribution in [-0.4, -0.2) is 18.5 Å². The van der Waals surface area contributed by atoms with Gasteiger partial charge in [-0.2, -0.15) is 5.10 Å². The first kappa shape index (κ1) is 20.3. The Hall–Kier alpha value is -3.36. The van der Waals surface area contributed by atoms with Crippen LogP contribution >= 0.6 is 8.22 Å². The lowest BCUT2D eigenvalue weighted by atomic mass is 10.0. The van der Waals surface area contributed by atoms with Crippen molar-refractivity contribution in [1.29, 1.82) is 0 Å². The fourth-order valence-corrected chi connectivity index (χ4v) is 7.77. The first-order valence-corrected chi connectivity index (χ1v) is 12.7.